The Morgan fingerprint density at radius 1 is 0.731 bits per heavy atom. The Bertz CT molecular complexity index is 897. The lowest BCUT2D eigenvalue weighted by Gasteiger charge is -2.24. The van der Waals surface area contributed by atoms with E-state index in [1.807, 2.05) is 72.8 Å². The van der Waals surface area contributed by atoms with Crippen LogP contribution in [-0.4, -0.2) is 7.11 Å². The third-order valence-corrected chi connectivity index (χ3v) is 4.91. The molecule has 0 amide bonds. The van der Waals surface area contributed by atoms with Crippen molar-refractivity contribution in [3.63, 3.8) is 0 Å². The molecule has 4 heteroatoms. The van der Waals surface area contributed by atoms with Crippen LogP contribution in [0.3, 0.4) is 0 Å². The summed E-state index contributed by atoms with van der Waals surface area (Å²) in [7, 11) is 1.64. The fraction of sp³-hybridized carbons (Fsp3) is 0.136. The Morgan fingerprint density at radius 3 is 1.58 bits per heavy atom. The number of hydrogen-bond donors (Lipinski definition) is 0. The molecule has 0 radical (unpaired) electrons. The van der Waals surface area contributed by atoms with Gasteiger partial charge in [-0.1, -0.05) is 59.6 Å². The minimum absolute atomic E-state index is 0.135. The summed E-state index contributed by atoms with van der Waals surface area (Å²) in [5.41, 5.74) is 2.99. The standard InChI is InChI=1S/C22H17Cl2NO/c1-26-20-12-6-17(7-13-20)22(16-4-10-19(24)11-5-16)21(14-25)15-2-8-18(23)9-3-15/h2-13,21-22H,1H3/t21-,22-/m0/s1. The largest absolute Gasteiger partial charge is 0.497 e. The molecule has 0 aliphatic rings. The van der Waals surface area contributed by atoms with E-state index in [1.165, 1.54) is 0 Å². The second-order valence-electron chi connectivity index (χ2n) is 5.96. The van der Waals surface area contributed by atoms with Crippen LogP contribution in [0.4, 0.5) is 0 Å². The van der Waals surface area contributed by atoms with Crippen LogP contribution >= 0.6 is 23.2 Å². The summed E-state index contributed by atoms with van der Waals surface area (Å²) in [4.78, 5) is 0. The summed E-state index contributed by atoms with van der Waals surface area (Å²) >= 11 is 12.1. The molecule has 0 aliphatic heterocycles. The van der Waals surface area contributed by atoms with Crippen LogP contribution in [0, 0.1) is 11.3 Å². The minimum Gasteiger partial charge on any atom is -0.497 e. The summed E-state index contributed by atoms with van der Waals surface area (Å²) in [6, 6.07) is 25.4. The quantitative estimate of drug-likeness (QED) is 0.509. The first-order chi connectivity index (χ1) is 12.6. The van der Waals surface area contributed by atoms with Gasteiger partial charge in [-0.2, -0.15) is 5.26 Å². The van der Waals surface area contributed by atoms with Gasteiger partial charge >= 0.3 is 0 Å². The Hall–Kier alpha value is -2.47. The number of halogens is 2. The number of methoxy groups -OCH3 is 1. The lowest BCUT2D eigenvalue weighted by atomic mass is 9.78. The van der Waals surface area contributed by atoms with E-state index in [1.54, 1.807) is 7.11 Å². The topological polar surface area (TPSA) is 33.0 Å². The van der Waals surface area contributed by atoms with Gasteiger partial charge in [-0.15, -0.1) is 0 Å². The van der Waals surface area contributed by atoms with Crippen molar-refractivity contribution in [2.45, 2.75) is 11.8 Å². The van der Waals surface area contributed by atoms with E-state index in [9.17, 15) is 5.26 Å². The van der Waals surface area contributed by atoms with Gasteiger partial charge in [-0.3, -0.25) is 0 Å². The average molecular weight is 382 g/mol. The summed E-state index contributed by atoms with van der Waals surface area (Å²) < 4.78 is 5.26. The number of benzene rings is 3. The van der Waals surface area contributed by atoms with E-state index >= 15 is 0 Å². The molecule has 2 atom stereocenters. The van der Waals surface area contributed by atoms with E-state index in [2.05, 4.69) is 6.07 Å². The Labute approximate surface area is 163 Å². The lowest BCUT2D eigenvalue weighted by Crippen LogP contribution is -2.12. The van der Waals surface area contributed by atoms with Crippen molar-refractivity contribution in [3.05, 3.63) is 99.5 Å². The molecule has 130 valence electrons. The molecular formula is C22H17Cl2NO. The Balaban J connectivity index is 2.10. The molecule has 0 N–H and O–H groups in total. The number of nitriles is 1. The number of nitrogens with zero attached hydrogens (tertiary/aromatic N) is 1. The Kier molecular flexibility index (Phi) is 5.83. The van der Waals surface area contributed by atoms with Crippen LogP contribution in [0.15, 0.2) is 72.8 Å². The number of ether oxygens (including phenoxy) is 1. The van der Waals surface area contributed by atoms with Crippen LogP contribution < -0.4 is 4.74 Å². The molecule has 26 heavy (non-hydrogen) atoms. The number of rotatable bonds is 5. The summed E-state index contributed by atoms with van der Waals surface area (Å²) in [6.07, 6.45) is 0. The third kappa shape index (κ3) is 4.02. The maximum absolute atomic E-state index is 9.96. The zero-order valence-corrected chi connectivity index (χ0v) is 15.7. The summed E-state index contributed by atoms with van der Waals surface area (Å²) in [6.45, 7) is 0. The first-order valence-electron chi connectivity index (χ1n) is 8.17. The van der Waals surface area contributed by atoms with Crippen molar-refractivity contribution in [1.82, 2.24) is 0 Å². The molecule has 0 unspecified atom stereocenters. The van der Waals surface area contributed by atoms with Gasteiger partial charge in [-0.25, -0.2) is 0 Å². The van der Waals surface area contributed by atoms with E-state index in [0.717, 1.165) is 22.4 Å². The van der Waals surface area contributed by atoms with Gasteiger partial charge in [0.25, 0.3) is 0 Å². The summed E-state index contributed by atoms with van der Waals surface area (Å²) in [5, 5.41) is 11.3. The van der Waals surface area contributed by atoms with Crippen LogP contribution in [-0.2, 0) is 0 Å². The molecule has 3 rings (SSSR count). The molecule has 0 spiro atoms. The van der Waals surface area contributed by atoms with Gasteiger partial charge in [0.15, 0.2) is 0 Å². The number of hydrogen-bond acceptors (Lipinski definition) is 2. The zero-order chi connectivity index (χ0) is 18.5. The van der Waals surface area contributed by atoms with Gasteiger partial charge in [0.1, 0.15) is 5.75 Å². The van der Waals surface area contributed by atoms with Crippen LogP contribution in [0.1, 0.15) is 28.5 Å². The van der Waals surface area contributed by atoms with E-state index in [4.69, 9.17) is 27.9 Å². The second kappa shape index (κ2) is 8.27. The van der Waals surface area contributed by atoms with Crippen LogP contribution in [0.5, 0.6) is 5.75 Å². The van der Waals surface area contributed by atoms with Crippen molar-refractivity contribution >= 4 is 23.2 Å². The van der Waals surface area contributed by atoms with Gasteiger partial charge in [0.05, 0.1) is 19.1 Å². The second-order valence-corrected chi connectivity index (χ2v) is 6.83. The molecule has 0 saturated carbocycles. The van der Waals surface area contributed by atoms with Gasteiger partial charge in [0.2, 0.25) is 0 Å². The maximum Gasteiger partial charge on any atom is 0.118 e. The van der Waals surface area contributed by atoms with Crippen LogP contribution in [0.2, 0.25) is 10.0 Å². The van der Waals surface area contributed by atoms with Crippen molar-refractivity contribution in [1.29, 1.82) is 5.26 Å². The molecular weight excluding hydrogens is 365 g/mol. The molecule has 0 fully saturated rings. The fourth-order valence-corrected chi connectivity index (χ4v) is 3.32. The molecule has 0 bridgehead atoms. The van der Waals surface area contributed by atoms with Gasteiger partial charge in [0, 0.05) is 16.0 Å². The van der Waals surface area contributed by atoms with Crippen molar-refractivity contribution < 1.29 is 4.74 Å². The predicted molar refractivity (Wildman–Crippen MR) is 106 cm³/mol. The molecule has 0 aromatic heterocycles. The fourth-order valence-electron chi connectivity index (χ4n) is 3.07. The van der Waals surface area contributed by atoms with E-state index < -0.39 is 0 Å². The highest BCUT2D eigenvalue weighted by atomic mass is 35.5. The minimum atomic E-state index is -0.359. The SMILES string of the molecule is COc1ccc([C@H](c2ccc(Cl)cc2)[C@@H](C#N)c2ccc(Cl)cc2)cc1. The van der Waals surface area contributed by atoms with Gasteiger partial charge < -0.3 is 4.74 Å². The first kappa shape index (κ1) is 18.3. The highest BCUT2D eigenvalue weighted by Crippen LogP contribution is 2.39. The zero-order valence-electron chi connectivity index (χ0n) is 14.2. The smallest absolute Gasteiger partial charge is 0.118 e. The highest BCUT2D eigenvalue weighted by molar-refractivity contribution is 6.30. The normalized spacial score (nSPS) is 12.8. The highest BCUT2D eigenvalue weighted by Gasteiger charge is 2.26. The molecule has 0 saturated heterocycles. The summed E-state index contributed by atoms with van der Waals surface area (Å²) in [5.74, 6) is 0.287. The average Bonchev–Trinajstić information content (AvgIpc) is 2.68. The Morgan fingerprint density at radius 2 is 1.15 bits per heavy atom. The molecule has 0 aliphatic carbocycles. The molecule has 0 heterocycles. The van der Waals surface area contributed by atoms with Crippen molar-refractivity contribution in [2.24, 2.45) is 0 Å². The molecule has 3 aromatic rings. The van der Waals surface area contributed by atoms with Crippen LogP contribution in [0.25, 0.3) is 0 Å². The monoisotopic (exact) mass is 381 g/mol. The molecule has 3 aromatic carbocycles. The maximum atomic E-state index is 9.96. The molecule has 2 nitrogen and oxygen atoms in total. The lowest BCUT2D eigenvalue weighted by molar-refractivity contribution is 0.414. The van der Waals surface area contributed by atoms with E-state index in [0.29, 0.717) is 10.0 Å². The van der Waals surface area contributed by atoms with Crippen molar-refractivity contribution in [2.75, 3.05) is 7.11 Å². The van der Waals surface area contributed by atoms with Crippen molar-refractivity contribution in [3.8, 4) is 11.8 Å². The first-order valence-corrected chi connectivity index (χ1v) is 8.92. The van der Waals surface area contributed by atoms with Gasteiger partial charge in [-0.05, 0) is 53.1 Å². The van der Waals surface area contributed by atoms with E-state index in [-0.39, 0.29) is 11.8 Å². The third-order valence-electron chi connectivity index (χ3n) is 4.41. The predicted octanol–water partition coefficient (Wildman–Crippen LogP) is 6.44.